The average Bonchev–Trinajstić information content (AvgIpc) is 3.29. The molecule has 0 saturated carbocycles. The number of halogens is 1. The largest absolute Gasteiger partial charge is 0.486 e. The van der Waals surface area contributed by atoms with Crippen LogP contribution in [0.4, 0.5) is 5.69 Å². The van der Waals surface area contributed by atoms with Crippen LogP contribution in [0, 0.1) is 6.92 Å². The summed E-state index contributed by atoms with van der Waals surface area (Å²) < 4.78 is 16.7. The quantitative estimate of drug-likeness (QED) is 0.595. The van der Waals surface area contributed by atoms with Gasteiger partial charge in [0.05, 0.1) is 12.1 Å². The number of hydrogen-bond donors (Lipinski definition) is 0. The first kappa shape index (κ1) is 20.7. The van der Waals surface area contributed by atoms with Gasteiger partial charge in [-0.25, -0.2) is 0 Å². The molecule has 1 saturated heterocycles. The number of hydrogen-bond acceptors (Lipinski definition) is 6. The van der Waals surface area contributed by atoms with Crippen molar-refractivity contribution in [2.24, 2.45) is 0 Å². The van der Waals surface area contributed by atoms with Crippen LogP contribution in [0.2, 0.25) is 5.02 Å². The number of amides is 1. The van der Waals surface area contributed by atoms with E-state index in [9.17, 15) is 4.79 Å². The van der Waals surface area contributed by atoms with E-state index in [0.29, 0.717) is 43.5 Å². The number of ether oxygens (including phenoxy) is 2. The van der Waals surface area contributed by atoms with Crippen LogP contribution >= 0.6 is 11.6 Å². The summed E-state index contributed by atoms with van der Waals surface area (Å²) in [6.07, 6.45) is 0.213. The van der Waals surface area contributed by atoms with Gasteiger partial charge in [0.15, 0.2) is 17.3 Å². The molecule has 0 spiro atoms. The van der Waals surface area contributed by atoms with Crippen LogP contribution in [0.5, 0.6) is 11.5 Å². The van der Waals surface area contributed by atoms with Crippen molar-refractivity contribution in [2.45, 2.75) is 13.3 Å². The molecule has 0 bridgehead atoms. The molecule has 0 atom stereocenters. The van der Waals surface area contributed by atoms with Crippen molar-refractivity contribution >= 4 is 23.2 Å². The van der Waals surface area contributed by atoms with E-state index in [-0.39, 0.29) is 12.3 Å². The Hall–Kier alpha value is -3.19. The maximum Gasteiger partial charge on any atom is 0.228 e. The Morgan fingerprint density at radius 3 is 2.59 bits per heavy atom. The molecule has 2 aromatic carbocycles. The van der Waals surface area contributed by atoms with E-state index in [0.717, 1.165) is 35.1 Å². The average molecular weight is 454 g/mol. The van der Waals surface area contributed by atoms with E-state index >= 15 is 0 Å². The first-order valence-electron chi connectivity index (χ1n) is 10.7. The maximum atomic E-state index is 12.8. The second-order valence-electron chi connectivity index (χ2n) is 8.02. The molecule has 8 heteroatoms. The van der Waals surface area contributed by atoms with Gasteiger partial charge in [-0.15, -0.1) is 0 Å². The number of aromatic nitrogens is 1. The van der Waals surface area contributed by atoms with E-state index in [2.05, 4.69) is 17.0 Å². The summed E-state index contributed by atoms with van der Waals surface area (Å²) in [5.41, 5.74) is 3.77. The summed E-state index contributed by atoms with van der Waals surface area (Å²) >= 11 is 6.17. The van der Waals surface area contributed by atoms with Crippen molar-refractivity contribution in [3.8, 4) is 22.8 Å². The summed E-state index contributed by atoms with van der Waals surface area (Å²) in [6, 6.07) is 13.4. The van der Waals surface area contributed by atoms with Crippen LogP contribution in [-0.2, 0) is 11.2 Å². The predicted octanol–water partition coefficient (Wildman–Crippen LogP) is 3.97. The number of aryl methyl sites for hydroxylation is 1. The lowest BCUT2D eigenvalue weighted by Crippen LogP contribution is -2.49. The molecule has 1 aromatic heterocycles. The Morgan fingerprint density at radius 2 is 1.78 bits per heavy atom. The highest BCUT2D eigenvalue weighted by molar-refractivity contribution is 6.30. The van der Waals surface area contributed by atoms with Crippen LogP contribution in [0.1, 0.15) is 11.3 Å². The second-order valence-corrected chi connectivity index (χ2v) is 8.45. The van der Waals surface area contributed by atoms with Crippen LogP contribution in [0.3, 0.4) is 0 Å². The third kappa shape index (κ3) is 4.25. The van der Waals surface area contributed by atoms with Gasteiger partial charge in [0.1, 0.15) is 13.2 Å². The van der Waals surface area contributed by atoms with Gasteiger partial charge >= 0.3 is 0 Å². The van der Waals surface area contributed by atoms with Gasteiger partial charge in [0.2, 0.25) is 5.91 Å². The molecule has 5 rings (SSSR count). The van der Waals surface area contributed by atoms with Crippen LogP contribution in [0.25, 0.3) is 11.3 Å². The van der Waals surface area contributed by atoms with E-state index in [4.69, 9.17) is 25.6 Å². The van der Waals surface area contributed by atoms with E-state index in [1.165, 1.54) is 5.56 Å². The van der Waals surface area contributed by atoms with Crippen LogP contribution in [-0.4, -0.2) is 55.4 Å². The smallest absolute Gasteiger partial charge is 0.228 e. The molecular weight excluding hydrogens is 430 g/mol. The molecule has 0 unspecified atom stereocenters. The number of carbonyl (C=O) groups is 1. The molecule has 2 aliphatic heterocycles. The van der Waals surface area contributed by atoms with Crippen molar-refractivity contribution in [3.05, 3.63) is 58.7 Å². The molecule has 0 N–H and O–H groups in total. The molecule has 32 heavy (non-hydrogen) atoms. The Bertz CT molecular complexity index is 1140. The third-order valence-corrected chi connectivity index (χ3v) is 6.10. The first-order chi connectivity index (χ1) is 15.6. The minimum absolute atomic E-state index is 0.0505. The van der Waals surface area contributed by atoms with Crippen molar-refractivity contribution in [3.63, 3.8) is 0 Å². The Balaban J connectivity index is 1.20. The topological polar surface area (TPSA) is 68.0 Å². The molecule has 3 aromatic rings. The third-order valence-electron chi connectivity index (χ3n) is 5.86. The second kappa shape index (κ2) is 8.74. The molecule has 0 radical (unpaired) electrons. The summed E-state index contributed by atoms with van der Waals surface area (Å²) in [7, 11) is 0. The van der Waals surface area contributed by atoms with Crippen molar-refractivity contribution in [1.82, 2.24) is 10.1 Å². The zero-order valence-electron chi connectivity index (χ0n) is 17.8. The molecular formula is C24H24ClN3O4. The van der Waals surface area contributed by atoms with E-state index < -0.39 is 0 Å². The Morgan fingerprint density at radius 1 is 1.00 bits per heavy atom. The monoisotopic (exact) mass is 453 g/mol. The molecule has 166 valence electrons. The Labute approximate surface area is 191 Å². The van der Waals surface area contributed by atoms with Gasteiger partial charge in [0, 0.05) is 48.5 Å². The number of nitrogens with zero attached hydrogens (tertiary/aromatic N) is 3. The number of fused-ring (bicyclic) bond motifs is 1. The van der Waals surface area contributed by atoms with E-state index in [1.807, 2.05) is 47.4 Å². The molecule has 1 amide bonds. The highest BCUT2D eigenvalue weighted by Gasteiger charge is 2.23. The number of benzene rings is 2. The summed E-state index contributed by atoms with van der Waals surface area (Å²) in [6.45, 7) is 6.02. The SMILES string of the molecule is Cc1ccc(Cl)cc1N1CCN(C(=O)Cc2cc(-c3ccc4c(c3)OCCO4)on2)CC1. The zero-order valence-corrected chi connectivity index (χ0v) is 18.6. The fourth-order valence-electron chi connectivity index (χ4n) is 4.11. The minimum atomic E-state index is 0.0505. The van der Waals surface area contributed by atoms with Gasteiger partial charge < -0.3 is 23.8 Å². The molecule has 7 nitrogen and oxygen atoms in total. The standard InChI is InChI=1S/C24H24ClN3O4/c1-16-2-4-18(25)13-20(16)27-6-8-28(9-7-27)24(29)15-19-14-22(32-26-19)17-3-5-21-23(12-17)31-11-10-30-21/h2-5,12-14H,6-11,15H2,1H3. The summed E-state index contributed by atoms with van der Waals surface area (Å²) in [4.78, 5) is 17.0. The van der Waals surface area contributed by atoms with Gasteiger partial charge in [-0.2, -0.15) is 0 Å². The maximum absolute atomic E-state index is 12.8. The lowest BCUT2D eigenvalue weighted by atomic mass is 10.1. The van der Waals surface area contributed by atoms with E-state index in [1.54, 1.807) is 0 Å². The van der Waals surface area contributed by atoms with Gasteiger partial charge in [0.25, 0.3) is 0 Å². The number of piperazine rings is 1. The predicted molar refractivity (Wildman–Crippen MR) is 122 cm³/mol. The van der Waals surface area contributed by atoms with Crippen LogP contribution < -0.4 is 14.4 Å². The fourth-order valence-corrected chi connectivity index (χ4v) is 4.28. The molecule has 2 aliphatic rings. The Kier molecular flexibility index (Phi) is 5.66. The lowest BCUT2D eigenvalue weighted by molar-refractivity contribution is -0.130. The van der Waals surface area contributed by atoms with Crippen molar-refractivity contribution < 1.29 is 18.8 Å². The summed E-state index contributed by atoms with van der Waals surface area (Å²) in [5.74, 6) is 2.07. The molecule has 1 fully saturated rings. The normalized spacial score (nSPS) is 15.7. The lowest BCUT2D eigenvalue weighted by Gasteiger charge is -2.36. The van der Waals surface area contributed by atoms with Gasteiger partial charge in [-0.3, -0.25) is 4.79 Å². The molecule has 0 aliphatic carbocycles. The first-order valence-corrected chi connectivity index (χ1v) is 11.1. The zero-order chi connectivity index (χ0) is 22.1. The number of carbonyl (C=O) groups excluding carboxylic acids is 1. The van der Waals surface area contributed by atoms with Crippen molar-refractivity contribution in [2.75, 3.05) is 44.3 Å². The highest BCUT2D eigenvalue weighted by atomic mass is 35.5. The molecule has 3 heterocycles. The number of anilines is 1. The minimum Gasteiger partial charge on any atom is -0.486 e. The van der Waals surface area contributed by atoms with Gasteiger partial charge in [-0.05, 0) is 42.8 Å². The summed E-state index contributed by atoms with van der Waals surface area (Å²) in [5, 5.41) is 4.83. The highest BCUT2D eigenvalue weighted by Crippen LogP contribution is 2.34. The fraction of sp³-hybridized carbons (Fsp3) is 0.333. The van der Waals surface area contributed by atoms with Crippen molar-refractivity contribution in [1.29, 1.82) is 0 Å². The number of rotatable bonds is 4. The van der Waals surface area contributed by atoms with Crippen LogP contribution in [0.15, 0.2) is 47.0 Å². The van der Waals surface area contributed by atoms with Gasteiger partial charge in [-0.1, -0.05) is 22.8 Å².